The van der Waals surface area contributed by atoms with E-state index in [-0.39, 0.29) is 11.6 Å². The van der Waals surface area contributed by atoms with Crippen LogP contribution in [0.25, 0.3) is 0 Å². The lowest BCUT2D eigenvalue weighted by molar-refractivity contribution is -0.150. The second kappa shape index (κ2) is 3.76. The minimum absolute atomic E-state index is 0.0127. The molecule has 2 aliphatic rings. The molecule has 14 heavy (non-hydrogen) atoms. The Morgan fingerprint density at radius 1 is 1.57 bits per heavy atom. The van der Waals surface area contributed by atoms with Crippen LogP contribution in [-0.4, -0.2) is 11.6 Å². The summed E-state index contributed by atoms with van der Waals surface area (Å²) >= 11 is 0. The molecule has 0 radical (unpaired) electrons. The first-order chi connectivity index (χ1) is 6.77. The molecule has 78 valence electrons. The molecule has 2 rings (SSSR count). The van der Waals surface area contributed by atoms with Crippen molar-refractivity contribution in [1.82, 2.24) is 0 Å². The van der Waals surface area contributed by atoms with Gasteiger partial charge in [0.1, 0.15) is 5.60 Å². The maximum absolute atomic E-state index is 11.4. The third kappa shape index (κ3) is 1.58. The smallest absolute Gasteiger partial charge is 0.306 e. The van der Waals surface area contributed by atoms with Crippen LogP contribution in [-0.2, 0) is 9.53 Å². The summed E-state index contributed by atoms with van der Waals surface area (Å²) in [5.74, 6) is 0.476. The highest BCUT2D eigenvalue weighted by molar-refractivity contribution is 5.73. The first kappa shape index (κ1) is 9.75. The van der Waals surface area contributed by atoms with Crippen molar-refractivity contribution in [3.8, 4) is 0 Å². The van der Waals surface area contributed by atoms with Crippen LogP contribution < -0.4 is 0 Å². The molecule has 2 heteroatoms. The fourth-order valence-electron chi connectivity index (χ4n) is 2.75. The quantitative estimate of drug-likeness (QED) is 0.499. The number of ether oxygens (including phenoxy) is 1. The molecular weight excluding hydrogens is 176 g/mol. The van der Waals surface area contributed by atoms with E-state index in [1.54, 1.807) is 0 Å². The lowest BCUT2D eigenvalue weighted by Crippen LogP contribution is -2.36. The zero-order chi connectivity index (χ0) is 10.0. The van der Waals surface area contributed by atoms with Gasteiger partial charge >= 0.3 is 5.97 Å². The molecule has 1 aliphatic carbocycles. The van der Waals surface area contributed by atoms with Crippen molar-refractivity contribution < 1.29 is 9.53 Å². The number of carbonyl (C=O) groups excluding carboxylic acids is 1. The molecule has 1 spiro atoms. The van der Waals surface area contributed by atoms with Crippen LogP contribution in [0.4, 0.5) is 0 Å². The summed E-state index contributed by atoms with van der Waals surface area (Å²) < 4.78 is 5.56. The molecule has 0 unspecified atom stereocenters. The standard InChI is InChI=1S/C12H18O2/c1-2-6-10-9-11(13)14-12(10)7-4-3-5-8-12/h3-4,10H,2,5-9H2,1H3/t10-,12-/m0/s1. The van der Waals surface area contributed by atoms with Crippen LogP contribution in [0.1, 0.15) is 45.4 Å². The molecule has 0 amide bonds. The van der Waals surface area contributed by atoms with E-state index in [0.717, 1.165) is 32.1 Å². The van der Waals surface area contributed by atoms with Crippen molar-refractivity contribution in [2.45, 2.75) is 51.0 Å². The summed E-state index contributed by atoms with van der Waals surface area (Å²) in [7, 11) is 0. The van der Waals surface area contributed by atoms with Gasteiger partial charge in [-0.3, -0.25) is 4.79 Å². The molecule has 0 aromatic heterocycles. The summed E-state index contributed by atoms with van der Waals surface area (Å²) in [6.45, 7) is 2.18. The number of allylic oxidation sites excluding steroid dienone is 1. The second-order valence-corrected chi connectivity index (χ2v) is 4.44. The van der Waals surface area contributed by atoms with E-state index in [1.807, 2.05) is 0 Å². The molecule has 2 atom stereocenters. The number of hydrogen-bond donors (Lipinski definition) is 0. The van der Waals surface area contributed by atoms with E-state index in [4.69, 9.17) is 4.74 Å². The largest absolute Gasteiger partial charge is 0.458 e. The van der Waals surface area contributed by atoms with E-state index < -0.39 is 0 Å². The van der Waals surface area contributed by atoms with Crippen molar-refractivity contribution in [2.75, 3.05) is 0 Å². The van der Waals surface area contributed by atoms with Gasteiger partial charge in [0.15, 0.2) is 0 Å². The van der Waals surface area contributed by atoms with Crippen molar-refractivity contribution in [2.24, 2.45) is 5.92 Å². The van der Waals surface area contributed by atoms with Gasteiger partial charge in [-0.15, -0.1) is 0 Å². The Balaban J connectivity index is 2.14. The molecule has 1 fully saturated rings. The predicted molar refractivity (Wildman–Crippen MR) is 54.8 cm³/mol. The summed E-state index contributed by atoms with van der Waals surface area (Å²) in [4.78, 5) is 11.4. The van der Waals surface area contributed by atoms with Gasteiger partial charge in [0.2, 0.25) is 0 Å². The van der Waals surface area contributed by atoms with E-state index in [0.29, 0.717) is 12.3 Å². The number of carbonyl (C=O) groups is 1. The normalized spacial score (nSPS) is 36.4. The molecule has 0 N–H and O–H groups in total. The molecule has 0 saturated carbocycles. The Labute approximate surface area is 85.3 Å². The van der Waals surface area contributed by atoms with Crippen LogP contribution in [0.15, 0.2) is 12.2 Å². The summed E-state index contributed by atoms with van der Waals surface area (Å²) in [6, 6.07) is 0. The zero-order valence-corrected chi connectivity index (χ0v) is 8.79. The average molecular weight is 194 g/mol. The Morgan fingerprint density at radius 2 is 2.43 bits per heavy atom. The summed E-state index contributed by atoms with van der Waals surface area (Å²) in [6.07, 6.45) is 10.3. The molecule has 1 saturated heterocycles. The highest BCUT2D eigenvalue weighted by Gasteiger charge is 2.47. The zero-order valence-electron chi connectivity index (χ0n) is 8.79. The van der Waals surface area contributed by atoms with Crippen molar-refractivity contribution in [1.29, 1.82) is 0 Å². The van der Waals surface area contributed by atoms with E-state index in [1.165, 1.54) is 0 Å². The Kier molecular flexibility index (Phi) is 2.62. The highest BCUT2D eigenvalue weighted by Crippen LogP contribution is 2.44. The van der Waals surface area contributed by atoms with Gasteiger partial charge in [0, 0.05) is 12.3 Å². The number of hydrogen-bond acceptors (Lipinski definition) is 2. The van der Waals surface area contributed by atoms with Crippen LogP contribution in [0, 0.1) is 5.92 Å². The van der Waals surface area contributed by atoms with Crippen LogP contribution in [0.3, 0.4) is 0 Å². The first-order valence-electron chi connectivity index (χ1n) is 5.64. The molecule has 0 aromatic carbocycles. The van der Waals surface area contributed by atoms with Crippen LogP contribution in [0.2, 0.25) is 0 Å². The SMILES string of the molecule is CCC[C@H]1CC(=O)O[C@]12CC=CCC2. The van der Waals surface area contributed by atoms with Crippen LogP contribution in [0.5, 0.6) is 0 Å². The van der Waals surface area contributed by atoms with Crippen molar-refractivity contribution in [3.05, 3.63) is 12.2 Å². The molecule has 2 nitrogen and oxygen atoms in total. The van der Waals surface area contributed by atoms with E-state index in [2.05, 4.69) is 19.1 Å². The molecule has 0 bridgehead atoms. The van der Waals surface area contributed by atoms with Gasteiger partial charge in [-0.25, -0.2) is 0 Å². The second-order valence-electron chi connectivity index (χ2n) is 4.44. The van der Waals surface area contributed by atoms with E-state index >= 15 is 0 Å². The predicted octanol–water partition coefficient (Wildman–Crippen LogP) is 2.83. The molecule has 1 heterocycles. The van der Waals surface area contributed by atoms with Gasteiger partial charge in [-0.2, -0.15) is 0 Å². The minimum Gasteiger partial charge on any atom is -0.458 e. The van der Waals surface area contributed by atoms with Gasteiger partial charge < -0.3 is 4.74 Å². The summed E-state index contributed by atoms with van der Waals surface area (Å²) in [5, 5.41) is 0. The molecular formula is C12H18O2. The fraction of sp³-hybridized carbons (Fsp3) is 0.750. The van der Waals surface area contributed by atoms with E-state index in [9.17, 15) is 4.79 Å². The van der Waals surface area contributed by atoms with Gasteiger partial charge in [0.05, 0.1) is 6.42 Å². The van der Waals surface area contributed by atoms with Crippen molar-refractivity contribution >= 4 is 5.97 Å². The summed E-state index contributed by atoms with van der Waals surface area (Å²) in [5.41, 5.74) is -0.123. The number of rotatable bonds is 2. The lowest BCUT2D eigenvalue weighted by Gasteiger charge is -2.34. The Morgan fingerprint density at radius 3 is 3.07 bits per heavy atom. The highest BCUT2D eigenvalue weighted by atomic mass is 16.6. The van der Waals surface area contributed by atoms with Gasteiger partial charge in [0.25, 0.3) is 0 Å². The topological polar surface area (TPSA) is 26.3 Å². The maximum Gasteiger partial charge on any atom is 0.306 e. The monoisotopic (exact) mass is 194 g/mol. The molecule has 0 aromatic rings. The first-order valence-corrected chi connectivity index (χ1v) is 5.64. The third-order valence-corrected chi connectivity index (χ3v) is 3.48. The fourth-order valence-corrected chi connectivity index (χ4v) is 2.75. The van der Waals surface area contributed by atoms with Crippen molar-refractivity contribution in [3.63, 3.8) is 0 Å². The third-order valence-electron chi connectivity index (χ3n) is 3.48. The van der Waals surface area contributed by atoms with Crippen LogP contribution >= 0.6 is 0 Å². The maximum atomic E-state index is 11.4. The van der Waals surface area contributed by atoms with Gasteiger partial charge in [-0.05, 0) is 19.3 Å². The lowest BCUT2D eigenvalue weighted by atomic mass is 9.76. The average Bonchev–Trinajstić information content (AvgIpc) is 2.45. The Bertz CT molecular complexity index is 257. The molecule has 1 aliphatic heterocycles. The Hall–Kier alpha value is -0.790. The number of esters is 1. The van der Waals surface area contributed by atoms with Gasteiger partial charge in [-0.1, -0.05) is 25.5 Å². The minimum atomic E-state index is -0.123.